The fourth-order valence-corrected chi connectivity index (χ4v) is 3.00. The topological polar surface area (TPSA) is 64.4 Å². The van der Waals surface area contributed by atoms with E-state index in [1.54, 1.807) is 36.4 Å². The fourth-order valence-electron chi connectivity index (χ4n) is 2.88. The van der Waals surface area contributed by atoms with Crippen LogP contribution < -0.4 is 10.1 Å². The molecule has 1 aromatic heterocycles. The van der Waals surface area contributed by atoms with Crippen molar-refractivity contribution in [3.63, 3.8) is 0 Å². The summed E-state index contributed by atoms with van der Waals surface area (Å²) in [4.78, 5) is 16.8. The van der Waals surface area contributed by atoms with Gasteiger partial charge in [-0.25, -0.2) is 4.98 Å². The van der Waals surface area contributed by atoms with Crippen molar-refractivity contribution in [2.75, 3.05) is 11.9 Å². The highest BCUT2D eigenvalue weighted by Gasteiger charge is 2.10. The number of ether oxygens (including phenoxy) is 1. The molecule has 1 amide bonds. The zero-order valence-electron chi connectivity index (χ0n) is 16.0. The second-order valence-electron chi connectivity index (χ2n) is 6.82. The average molecular weight is 407 g/mol. The van der Waals surface area contributed by atoms with Crippen molar-refractivity contribution < 1.29 is 13.9 Å². The highest BCUT2D eigenvalue weighted by Crippen LogP contribution is 2.26. The van der Waals surface area contributed by atoms with E-state index in [1.807, 2.05) is 38.1 Å². The number of aryl methyl sites for hydroxylation is 2. The smallest absolute Gasteiger partial charge is 0.262 e. The predicted octanol–water partition coefficient (Wildman–Crippen LogP) is 5.78. The summed E-state index contributed by atoms with van der Waals surface area (Å²) < 4.78 is 11.4. The average Bonchev–Trinajstić information content (AvgIpc) is 3.13. The van der Waals surface area contributed by atoms with Crippen molar-refractivity contribution >= 4 is 34.3 Å². The number of amides is 1. The summed E-state index contributed by atoms with van der Waals surface area (Å²) in [6.07, 6.45) is 0. The number of anilines is 1. The molecular formula is C23H19ClN2O3. The Morgan fingerprint density at radius 1 is 1.07 bits per heavy atom. The maximum absolute atomic E-state index is 12.2. The van der Waals surface area contributed by atoms with Gasteiger partial charge in [0.2, 0.25) is 5.89 Å². The van der Waals surface area contributed by atoms with Crippen molar-refractivity contribution in [3.8, 4) is 17.2 Å². The number of oxazole rings is 1. The van der Waals surface area contributed by atoms with Crippen molar-refractivity contribution in [1.29, 1.82) is 0 Å². The van der Waals surface area contributed by atoms with E-state index in [0.29, 0.717) is 33.4 Å². The molecule has 0 spiro atoms. The number of hydrogen-bond donors (Lipinski definition) is 1. The first-order valence-electron chi connectivity index (χ1n) is 9.14. The molecule has 0 unspecified atom stereocenters. The lowest BCUT2D eigenvalue weighted by atomic mass is 10.1. The van der Waals surface area contributed by atoms with Crippen molar-refractivity contribution in [1.82, 2.24) is 4.98 Å². The summed E-state index contributed by atoms with van der Waals surface area (Å²) in [6, 6.07) is 18.6. The van der Waals surface area contributed by atoms with Gasteiger partial charge in [0.05, 0.1) is 0 Å². The molecule has 0 radical (unpaired) electrons. The van der Waals surface area contributed by atoms with Gasteiger partial charge in [0.25, 0.3) is 5.91 Å². The molecule has 4 rings (SSSR count). The lowest BCUT2D eigenvalue weighted by Gasteiger charge is -2.08. The first kappa shape index (κ1) is 19.0. The zero-order chi connectivity index (χ0) is 20.4. The second kappa shape index (κ2) is 7.97. The van der Waals surface area contributed by atoms with Gasteiger partial charge in [0.15, 0.2) is 12.2 Å². The first-order chi connectivity index (χ1) is 14.0. The van der Waals surface area contributed by atoms with E-state index in [-0.39, 0.29) is 12.5 Å². The number of halogens is 1. The molecule has 0 bridgehead atoms. The van der Waals surface area contributed by atoms with Crippen LogP contribution in [0.3, 0.4) is 0 Å². The van der Waals surface area contributed by atoms with Gasteiger partial charge < -0.3 is 14.5 Å². The summed E-state index contributed by atoms with van der Waals surface area (Å²) in [6.45, 7) is 3.81. The molecule has 4 aromatic rings. The molecule has 146 valence electrons. The lowest BCUT2D eigenvalue weighted by Crippen LogP contribution is -2.20. The lowest BCUT2D eigenvalue weighted by molar-refractivity contribution is -0.118. The van der Waals surface area contributed by atoms with Crippen LogP contribution in [0.1, 0.15) is 11.1 Å². The molecule has 1 N–H and O–H groups in total. The molecule has 29 heavy (non-hydrogen) atoms. The number of benzene rings is 3. The van der Waals surface area contributed by atoms with Crippen LogP contribution in [-0.4, -0.2) is 17.5 Å². The maximum Gasteiger partial charge on any atom is 0.262 e. The molecule has 0 aliphatic carbocycles. The third kappa shape index (κ3) is 4.41. The molecule has 0 saturated heterocycles. The normalized spacial score (nSPS) is 10.9. The van der Waals surface area contributed by atoms with Gasteiger partial charge in [0.1, 0.15) is 11.3 Å². The van der Waals surface area contributed by atoms with E-state index in [4.69, 9.17) is 20.8 Å². The number of aromatic nitrogens is 1. The summed E-state index contributed by atoms with van der Waals surface area (Å²) >= 11 is 6.00. The van der Waals surface area contributed by atoms with Crippen LogP contribution >= 0.6 is 11.6 Å². The van der Waals surface area contributed by atoms with Gasteiger partial charge >= 0.3 is 0 Å². The Labute approximate surface area is 173 Å². The van der Waals surface area contributed by atoms with Crippen LogP contribution in [0, 0.1) is 13.8 Å². The highest BCUT2D eigenvalue weighted by atomic mass is 35.5. The van der Waals surface area contributed by atoms with Gasteiger partial charge in [-0.15, -0.1) is 0 Å². The predicted molar refractivity (Wildman–Crippen MR) is 114 cm³/mol. The van der Waals surface area contributed by atoms with Crippen molar-refractivity contribution in [3.05, 3.63) is 76.8 Å². The van der Waals surface area contributed by atoms with Crippen molar-refractivity contribution in [2.24, 2.45) is 0 Å². The molecule has 0 aliphatic heterocycles. The Kier molecular flexibility index (Phi) is 5.23. The second-order valence-corrected chi connectivity index (χ2v) is 7.22. The Morgan fingerprint density at radius 3 is 2.62 bits per heavy atom. The van der Waals surface area contributed by atoms with Crippen LogP contribution in [0.15, 0.2) is 65.1 Å². The minimum atomic E-state index is -0.265. The number of rotatable bonds is 5. The van der Waals surface area contributed by atoms with Gasteiger partial charge in [-0.3, -0.25) is 4.79 Å². The molecule has 5 nitrogen and oxygen atoms in total. The molecule has 0 fully saturated rings. The number of fused-ring (bicyclic) bond motifs is 1. The monoisotopic (exact) mass is 406 g/mol. The third-order valence-electron chi connectivity index (χ3n) is 4.47. The Morgan fingerprint density at radius 2 is 1.86 bits per heavy atom. The summed E-state index contributed by atoms with van der Waals surface area (Å²) in [5, 5.41) is 3.48. The third-order valence-corrected chi connectivity index (χ3v) is 4.89. The Balaban J connectivity index is 1.44. The summed E-state index contributed by atoms with van der Waals surface area (Å²) in [7, 11) is 0. The van der Waals surface area contributed by atoms with Crippen LogP contribution in [0.4, 0.5) is 5.69 Å². The number of nitrogens with one attached hydrogen (secondary N) is 1. The Hall–Kier alpha value is -3.31. The zero-order valence-corrected chi connectivity index (χ0v) is 16.8. The van der Waals surface area contributed by atoms with Crippen LogP contribution in [0.2, 0.25) is 5.02 Å². The molecule has 3 aromatic carbocycles. The van der Waals surface area contributed by atoms with Gasteiger partial charge in [-0.05, 0) is 67.9 Å². The molecule has 0 saturated carbocycles. The van der Waals surface area contributed by atoms with E-state index < -0.39 is 0 Å². The first-order valence-corrected chi connectivity index (χ1v) is 9.52. The van der Waals surface area contributed by atoms with Gasteiger partial charge in [-0.2, -0.15) is 0 Å². The van der Waals surface area contributed by atoms with E-state index >= 15 is 0 Å². The Bertz CT molecular complexity index is 1180. The summed E-state index contributed by atoms with van der Waals surface area (Å²) in [5.41, 5.74) is 4.93. The fraction of sp³-hybridized carbons (Fsp3) is 0.130. The van der Waals surface area contributed by atoms with Gasteiger partial charge in [0, 0.05) is 16.3 Å². The molecule has 0 atom stereocenters. The number of nitrogens with zero attached hydrogens (tertiary/aromatic N) is 1. The van der Waals surface area contributed by atoms with E-state index in [9.17, 15) is 4.79 Å². The largest absolute Gasteiger partial charge is 0.484 e. The standard InChI is InChI=1S/C23H19ClN2O3/c1-14-3-5-16(6-4-14)23-26-20-12-17(7-10-21(20)29-23)25-22(27)13-28-18-8-9-19(24)15(2)11-18/h3-12H,13H2,1-2H3,(H,25,27). The minimum absolute atomic E-state index is 0.105. The summed E-state index contributed by atoms with van der Waals surface area (Å²) in [5.74, 6) is 0.876. The van der Waals surface area contributed by atoms with E-state index in [2.05, 4.69) is 10.3 Å². The molecule has 6 heteroatoms. The maximum atomic E-state index is 12.2. The van der Waals surface area contributed by atoms with Crippen LogP contribution in [0.5, 0.6) is 5.75 Å². The van der Waals surface area contributed by atoms with E-state index in [0.717, 1.165) is 11.1 Å². The SMILES string of the molecule is Cc1ccc(-c2nc3cc(NC(=O)COc4ccc(Cl)c(C)c4)ccc3o2)cc1. The number of carbonyl (C=O) groups is 1. The quantitative estimate of drug-likeness (QED) is 0.456. The molecule has 0 aliphatic rings. The highest BCUT2D eigenvalue weighted by molar-refractivity contribution is 6.31. The van der Waals surface area contributed by atoms with Crippen LogP contribution in [0.25, 0.3) is 22.6 Å². The number of carbonyl (C=O) groups excluding carboxylic acids is 1. The van der Waals surface area contributed by atoms with Gasteiger partial charge in [-0.1, -0.05) is 29.3 Å². The van der Waals surface area contributed by atoms with Crippen molar-refractivity contribution in [2.45, 2.75) is 13.8 Å². The molecular weight excluding hydrogens is 388 g/mol. The molecule has 1 heterocycles. The number of hydrogen-bond acceptors (Lipinski definition) is 4. The van der Waals surface area contributed by atoms with E-state index in [1.165, 1.54) is 5.56 Å². The minimum Gasteiger partial charge on any atom is -0.484 e. The van der Waals surface area contributed by atoms with Crippen LogP contribution in [-0.2, 0) is 4.79 Å².